The highest BCUT2D eigenvalue weighted by Gasteiger charge is 2.27. The predicted octanol–water partition coefficient (Wildman–Crippen LogP) is 1.60. The molecule has 0 aliphatic carbocycles. The lowest BCUT2D eigenvalue weighted by Gasteiger charge is -2.36. The second-order valence-corrected chi connectivity index (χ2v) is 7.52. The second-order valence-electron chi connectivity index (χ2n) is 7.52. The van der Waals surface area contributed by atoms with Gasteiger partial charge < -0.3 is 25.6 Å². The maximum absolute atomic E-state index is 11.9. The molecule has 1 heterocycles. The molecule has 1 aliphatic rings. The quantitative estimate of drug-likeness (QED) is 0.520. The molecule has 0 radical (unpaired) electrons. The Labute approximate surface area is 162 Å². The zero-order valence-electron chi connectivity index (χ0n) is 17.1. The van der Waals surface area contributed by atoms with Crippen LogP contribution in [0.2, 0.25) is 0 Å². The van der Waals surface area contributed by atoms with Crippen molar-refractivity contribution in [2.75, 3.05) is 45.7 Å². The van der Waals surface area contributed by atoms with Crippen LogP contribution in [0, 0.1) is 5.41 Å². The van der Waals surface area contributed by atoms with Crippen LogP contribution in [-0.4, -0.2) is 58.7 Å². The fourth-order valence-corrected chi connectivity index (χ4v) is 3.25. The Balaban J connectivity index is 1.94. The molecule has 27 heavy (non-hydrogen) atoms. The summed E-state index contributed by atoms with van der Waals surface area (Å²) < 4.78 is 5.34. The molecule has 1 aromatic carbocycles. The molecule has 3 N–H and O–H groups in total. The number of methoxy groups -OCH3 is 1. The van der Waals surface area contributed by atoms with Gasteiger partial charge in [-0.25, -0.2) is 0 Å². The molecule has 7 heteroatoms. The highest BCUT2D eigenvalue weighted by molar-refractivity contribution is 5.84. The molecule has 1 aliphatic heterocycles. The maximum atomic E-state index is 11.9. The first-order valence-electron chi connectivity index (χ1n) is 9.48. The van der Waals surface area contributed by atoms with E-state index in [1.807, 2.05) is 26.0 Å². The lowest BCUT2D eigenvalue weighted by molar-refractivity contribution is -0.128. The van der Waals surface area contributed by atoms with Gasteiger partial charge in [0.15, 0.2) is 5.96 Å². The third-order valence-corrected chi connectivity index (χ3v) is 4.94. The molecule has 1 fully saturated rings. The van der Waals surface area contributed by atoms with Crippen molar-refractivity contribution in [2.24, 2.45) is 10.4 Å². The third-order valence-electron chi connectivity index (χ3n) is 4.94. The monoisotopic (exact) mass is 375 g/mol. The van der Waals surface area contributed by atoms with Crippen molar-refractivity contribution in [3.05, 3.63) is 24.3 Å². The molecule has 1 saturated heterocycles. The number of hydrogen-bond acceptors (Lipinski definition) is 4. The number of guanidine groups is 1. The largest absolute Gasteiger partial charge is 0.497 e. The van der Waals surface area contributed by atoms with E-state index in [-0.39, 0.29) is 5.91 Å². The van der Waals surface area contributed by atoms with E-state index in [0.717, 1.165) is 37.6 Å². The number of rotatable bonds is 6. The van der Waals surface area contributed by atoms with Crippen LogP contribution in [0.15, 0.2) is 29.3 Å². The molecular formula is C20H33N5O2. The average molecular weight is 376 g/mol. The molecule has 1 amide bonds. The SMILES string of the molecule is CN=C(NCC(C)(C)C(=O)NC)NC1CCCN(c2cccc(OC)c2)C1. The molecule has 150 valence electrons. The number of ether oxygens (including phenoxy) is 1. The van der Waals surface area contributed by atoms with Crippen molar-refractivity contribution in [3.63, 3.8) is 0 Å². The molecule has 1 atom stereocenters. The van der Waals surface area contributed by atoms with E-state index in [2.05, 4.69) is 38.0 Å². The number of carbonyl (C=O) groups is 1. The molecule has 2 rings (SSSR count). The number of benzene rings is 1. The summed E-state index contributed by atoms with van der Waals surface area (Å²) in [5.74, 6) is 1.60. The van der Waals surface area contributed by atoms with E-state index in [4.69, 9.17) is 4.74 Å². The van der Waals surface area contributed by atoms with Gasteiger partial charge in [-0.1, -0.05) is 6.07 Å². The van der Waals surface area contributed by atoms with Crippen molar-refractivity contribution in [2.45, 2.75) is 32.7 Å². The summed E-state index contributed by atoms with van der Waals surface area (Å²) in [5, 5.41) is 9.49. The van der Waals surface area contributed by atoms with Gasteiger partial charge in [-0.3, -0.25) is 9.79 Å². The Morgan fingerprint density at radius 2 is 2.19 bits per heavy atom. The van der Waals surface area contributed by atoms with Gasteiger partial charge in [0.1, 0.15) is 5.75 Å². The summed E-state index contributed by atoms with van der Waals surface area (Å²) in [6, 6.07) is 8.46. The number of aliphatic imine (C=N–C) groups is 1. The first-order chi connectivity index (χ1) is 12.9. The standard InChI is InChI=1S/C20H33N5O2/c1-20(2,18(26)21-3)14-23-19(22-4)24-15-8-7-11-25(13-15)16-9-6-10-17(12-16)27-5/h6,9-10,12,15H,7-8,11,13-14H2,1-5H3,(H,21,26)(H2,22,23,24). The number of carbonyl (C=O) groups excluding carboxylic acids is 1. The van der Waals surface area contributed by atoms with Crippen LogP contribution in [0.3, 0.4) is 0 Å². The van der Waals surface area contributed by atoms with Gasteiger partial charge >= 0.3 is 0 Å². The van der Waals surface area contributed by atoms with Crippen molar-refractivity contribution < 1.29 is 9.53 Å². The van der Waals surface area contributed by atoms with E-state index in [0.29, 0.717) is 12.6 Å². The zero-order chi connectivity index (χ0) is 19.9. The summed E-state index contributed by atoms with van der Waals surface area (Å²) in [5.41, 5.74) is 0.663. The van der Waals surface area contributed by atoms with Crippen molar-refractivity contribution in [1.82, 2.24) is 16.0 Å². The minimum absolute atomic E-state index is 0.00678. The third kappa shape index (κ3) is 5.77. The molecule has 1 aromatic rings. The molecule has 0 aromatic heterocycles. The molecule has 1 unspecified atom stereocenters. The Kier molecular flexibility index (Phi) is 7.33. The van der Waals surface area contributed by atoms with Crippen molar-refractivity contribution in [1.29, 1.82) is 0 Å². The van der Waals surface area contributed by atoms with Gasteiger partial charge in [-0.2, -0.15) is 0 Å². The van der Waals surface area contributed by atoms with Gasteiger partial charge in [0.25, 0.3) is 0 Å². The van der Waals surface area contributed by atoms with Gasteiger partial charge in [0.2, 0.25) is 5.91 Å². The minimum Gasteiger partial charge on any atom is -0.497 e. The zero-order valence-corrected chi connectivity index (χ0v) is 17.1. The Morgan fingerprint density at radius 1 is 1.41 bits per heavy atom. The Bertz CT molecular complexity index is 660. The van der Waals surface area contributed by atoms with Crippen molar-refractivity contribution >= 4 is 17.6 Å². The van der Waals surface area contributed by atoms with Crippen LogP contribution >= 0.6 is 0 Å². The summed E-state index contributed by atoms with van der Waals surface area (Å²) in [4.78, 5) is 18.6. The highest BCUT2D eigenvalue weighted by atomic mass is 16.5. The number of amides is 1. The fraction of sp³-hybridized carbons (Fsp3) is 0.600. The highest BCUT2D eigenvalue weighted by Crippen LogP contribution is 2.24. The van der Waals surface area contributed by atoms with E-state index in [1.165, 1.54) is 5.69 Å². The van der Waals surface area contributed by atoms with Crippen LogP contribution in [-0.2, 0) is 4.79 Å². The maximum Gasteiger partial charge on any atom is 0.227 e. The van der Waals surface area contributed by atoms with E-state index >= 15 is 0 Å². The van der Waals surface area contributed by atoms with Crippen LogP contribution < -0.4 is 25.6 Å². The number of anilines is 1. The number of hydrogen-bond donors (Lipinski definition) is 3. The average Bonchev–Trinajstić information content (AvgIpc) is 2.70. The number of nitrogens with one attached hydrogen (secondary N) is 3. The van der Waals surface area contributed by atoms with Gasteiger partial charge in [0, 0.05) is 51.5 Å². The Hall–Kier alpha value is -2.44. The number of nitrogens with zero attached hydrogens (tertiary/aromatic N) is 2. The first kappa shape index (κ1) is 20.9. The molecule has 0 spiro atoms. The van der Waals surface area contributed by atoms with Gasteiger partial charge in [-0.05, 0) is 38.8 Å². The Morgan fingerprint density at radius 3 is 2.85 bits per heavy atom. The summed E-state index contributed by atoms with van der Waals surface area (Å²) in [6.45, 7) is 6.26. The molecule has 0 bridgehead atoms. The van der Waals surface area contributed by atoms with Crippen molar-refractivity contribution in [3.8, 4) is 5.75 Å². The topological polar surface area (TPSA) is 78.0 Å². The number of piperidine rings is 1. The molecule has 0 saturated carbocycles. The predicted molar refractivity (Wildman–Crippen MR) is 111 cm³/mol. The van der Waals surface area contributed by atoms with E-state index < -0.39 is 5.41 Å². The van der Waals surface area contributed by atoms with Gasteiger partial charge in [-0.15, -0.1) is 0 Å². The summed E-state index contributed by atoms with van der Waals surface area (Å²) in [7, 11) is 5.10. The summed E-state index contributed by atoms with van der Waals surface area (Å²) in [6.07, 6.45) is 2.19. The van der Waals surface area contributed by atoms with Gasteiger partial charge in [0.05, 0.1) is 12.5 Å². The molecule has 7 nitrogen and oxygen atoms in total. The summed E-state index contributed by atoms with van der Waals surface area (Å²) >= 11 is 0. The van der Waals surface area contributed by atoms with Crippen LogP contribution in [0.5, 0.6) is 5.75 Å². The fourth-order valence-electron chi connectivity index (χ4n) is 3.25. The first-order valence-corrected chi connectivity index (χ1v) is 9.48. The van der Waals surface area contributed by atoms with Crippen LogP contribution in [0.4, 0.5) is 5.69 Å². The van der Waals surface area contributed by atoms with Crippen LogP contribution in [0.1, 0.15) is 26.7 Å². The van der Waals surface area contributed by atoms with E-state index in [9.17, 15) is 4.79 Å². The second kappa shape index (κ2) is 9.48. The smallest absolute Gasteiger partial charge is 0.227 e. The normalized spacial score (nSPS) is 18.0. The lowest BCUT2D eigenvalue weighted by Crippen LogP contribution is -2.53. The van der Waals surface area contributed by atoms with E-state index in [1.54, 1.807) is 21.2 Å². The minimum atomic E-state index is -0.508. The lowest BCUT2D eigenvalue weighted by atomic mass is 9.92. The molecular weight excluding hydrogens is 342 g/mol. The van der Waals surface area contributed by atoms with Crippen LogP contribution in [0.25, 0.3) is 0 Å².